The van der Waals surface area contributed by atoms with Crippen LogP contribution in [0.5, 0.6) is 0 Å². The van der Waals surface area contributed by atoms with Crippen LogP contribution in [0.1, 0.15) is 64.2 Å². The Balaban J connectivity index is 1.25. The summed E-state index contributed by atoms with van der Waals surface area (Å²) in [7, 11) is 0. The maximum Gasteiger partial charge on any atom is 0.315 e. The number of likely N-dealkylation sites (tertiary alicyclic amines) is 1. The molecule has 3 fully saturated rings. The van der Waals surface area contributed by atoms with Gasteiger partial charge in [0.15, 0.2) is 0 Å². The van der Waals surface area contributed by atoms with Gasteiger partial charge in [0.2, 0.25) is 0 Å². The molecular formula is C18H33N3O2. The Morgan fingerprint density at radius 3 is 2.70 bits per heavy atom. The fourth-order valence-corrected chi connectivity index (χ4v) is 4.31. The van der Waals surface area contributed by atoms with E-state index in [0.717, 1.165) is 51.5 Å². The predicted molar refractivity (Wildman–Crippen MR) is 91.6 cm³/mol. The Morgan fingerprint density at radius 1 is 1.09 bits per heavy atom. The van der Waals surface area contributed by atoms with Crippen molar-refractivity contribution in [3.05, 3.63) is 0 Å². The summed E-state index contributed by atoms with van der Waals surface area (Å²) in [5.41, 5.74) is 0. The second-order valence-corrected chi connectivity index (χ2v) is 7.45. The molecule has 0 aromatic rings. The van der Waals surface area contributed by atoms with Crippen molar-refractivity contribution in [1.29, 1.82) is 0 Å². The van der Waals surface area contributed by atoms with E-state index in [1.54, 1.807) is 0 Å². The Bertz CT molecular complexity index is 365. The molecule has 2 saturated heterocycles. The van der Waals surface area contributed by atoms with Crippen LogP contribution in [0.25, 0.3) is 0 Å². The fraction of sp³-hybridized carbons (Fsp3) is 0.944. The summed E-state index contributed by atoms with van der Waals surface area (Å²) in [5, 5.41) is 6.16. The second kappa shape index (κ2) is 8.88. The van der Waals surface area contributed by atoms with Crippen LogP contribution < -0.4 is 10.6 Å². The van der Waals surface area contributed by atoms with E-state index in [0.29, 0.717) is 12.1 Å². The number of carbonyl (C=O) groups excluding carboxylic acids is 1. The number of carbonyl (C=O) groups is 1. The highest BCUT2D eigenvalue weighted by Gasteiger charge is 2.30. The van der Waals surface area contributed by atoms with Gasteiger partial charge in [-0.25, -0.2) is 4.79 Å². The largest absolute Gasteiger partial charge is 0.378 e. The molecule has 0 radical (unpaired) electrons. The van der Waals surface area contributed by atoms with E-state index in [4.69, 9.17) is 4.74 Å². The summed E-state index contributed by atoms with van der Waals surface area (Å²) < 4.78 is 5.72. The van der Waals surface area contributed by atoms with Crippen LogP contribution in [0.3, 0.4) is 0 Å². The van der Waals surface area contributed by atoms with Gasteiger partial charge in [-0.3, -0.25) is 4.90 Å². The van der Waals surface area contributed by atoms with E-state index in [1.807, 2.05) is 0 Å². The van der Waals surface area contributed by atoms with Crippen molar-refractivity contribution >= 4 is 6.03 Å². The molecule has 0 spiro atoms. The smallest absolute Gasteiger partial charge is 0.315 e. The van der Waals surface area contributed by atoms with Gasteiger partial charge in [-0.05, 0) is 51.4 Å². The number of rotatable bonds is 6. The summed E-state index contributed by atoms with van der Waals surface area (Å²) in [6.07, 6.45) is 12.7. The highest BCUT2D eigenvalue weighted by molar-refractivity contribution is 5.74. The van der Waals surface area contributed by atoms with Gasteiger partial charge in [0.25, 0.3) is 0 Å². The number of hydrogen-bond donors (Lipinski definition) is 2. The SMILES string of the molecule is O=C(NCCC[C@@H]1CCCCO1)N[C@@H]1CCN(C2CCCC2)C1. The van der Waals surface area contributed by atoms with Crippen LogP contribution in [0.4, 0.5) is 4.79 Å². The molecule has 2 heterocycles. The summed E-state index contributed by atoms with van der Waals surface area (Å²) >= 11 is 0. The first-order valence-electron chi connectivity index (χ1n) is 9.71. The van der Waals surface area contributed by atoms with Crippen molar-refractivity contribution in [2.24, 2.45) is 0 Å². The molecule has 5 heteroatoms. The van der Waals surface area contributed by atoms with Gasteiger partial charge in [-0.1, -0.05) is 12.8 Å². The van der Waals surface area contributed by atoms with Crippen molar-refractivity contribution in [2.75, 3.05) is 26.2 Å². The Kier molecular flexibility index (Phi) is 6.57. The minimum Gasteiger partial charge on any atom is -0.378 e. The number of urea groups is 1. The van der Waals surface area contributed by atoms with Crippen molar-refractivity contribution in [1.82, 2.24) is 15.5 Å². The normalized spacial score (nSPS) is 29.7. The zero-order valence-electron chi connectivity index (χ0n) is 14.4. The van der Waals surface area contributed by atoms with Crippen LogP contribution in [0.15, 0.2) is 0 Å². The summed E-state index contributed by atoms with van der Waals surface area (Å²) in [6, 6.07) is 1.12. The molecule has 2 aliphatic heterocycles. The molecule has 132 valence electrons. The first-order valence-corrected chi connectivity index (χ1v) is 9.71. The Labute approximate surface area is 140 Å². The zero-order valence-corrected chi connectivity index (χ0v) is 14.4. The molecule has 3 rings (SSSR count). The van der Waals surface area contributed by atoms with Crippen molar-refractivity contribution in [3.63, 3.8) is 0 Å². The topological polar surface area (TPSA) is 53.6 Å². The molecule has 3 aliphatic rings. The Hall–Kier alpha value is -0.810. The van der Waals surface area contributed by atoms with Crippen LogP contribution in [-0.2, 0) is 4.74 Å². The maximum absolute atomic E-state index is 12.0. The lowest BCUT2D eigenvalue weighted by Gasteiger charge is -2.23. The molecule has 1 aliphatic carbocycles. The van der Waals surface area contributed by atoms with Crippen molar-refractivity contribution in [3.8, 4) is 0 Å². The Morgan fingerprint density at radius 2 is 1.91 bits per heavy atom. The maximum atomic E-state index is 12.0. The molecule has 2 amide bonds. The number of nitrogens with one attached hydrogen (secondary N) is 2. The average Bonchev–Trinajstić information content (AvgIpc) is 3.24. The van der Waals surface area contributed by atoms with Gasteiger partial charge in [-0.15, -0.1) is 0 Å². The van der Waals surface area contributed by atoms with E-state index < -0.39 is 0 Å². The molecule has 0 bridgehead atoms. The fourth-order valence-electron chi connectivity index (χ4n) is 4.31. The number of ether oxygens (including phenoxy) is 1. The second-order valence-electron chi connectivity index (χ2n) is 7.45. The summed E-state index contributed by atoms with van der Waals surface area (Å²) in [5.74, 6) is 0. The van der Waals surface area contributed by atoms with Gasteiger partial charge in [0.1, 0.15) is 0 Å². The van der Waals surface area contributed by atoms with E-state index >= 15 is 0 Å². The highest BCUT2D eigenvalue weighted by Crippen LogP contribution is 2.26. The molecule has 5 nitrogen and oxygen atoms in total. The third kappa shape index (κ3) is 5.35. The molecule has 0 aromatic carbocycles. The molecule has 1 saturated carbocycles. The molecule has 2 atom stereocenters. The van der Waals surface area contributed by atoms with Crippen LogP contribution >= 0.6 is 0 Å². The van der Waals surface area contributed by atoms with Crippen LogP contribution in [0.2, 0.25) is 0 Å². The average molecular weight is 323 g/mol. The third-order valence-electron chi connectivity index (χ3n) is 5.66. The van der Waals surface area contributed by atoms with Crippen LogP contribution in [-0.4, -0.2) is 55.4 Å². The van der Waals surface area contributed by atoms with Crippen molar-refractivity contribution < 1.29 is 9.53 Å². The molecule has 23 heavy (non-hydrogen) atoms. The van der Waals surface area contributed by atoms with Gasteiger partial charge in [-0.2, -0.15) is 0 Å². The van der Waals surface area contributed by atoms with Gasteiger partial charge in [0.05, 0.1) is 6.10 Å². The monoisotopic (exact) mass is 323 g/mol. The lowest BCUT2D eigenvalue weighted by Crippen LogP contribution is -2.44. The number of amides is 2. The summed E-state index contributed by atoms with van der Waals surface area (Å²) in [4.78, 5) is 14.6. The number of hydrogen-bond acceptors (Lipinski definition) is 3. The van der Waals surface area contributed by atoms with E-state index in [9.17, 15) is 4.79 Å². The third-order valence-corrected chi connectivity index (χ3v) is 5.66. The van der Waals surface area contributed by atoms with E-state index in [-0.39, 0.29) is 6.03 Å². The zero-order chi connectivity index (χ0) is 15.9. The first-order chi connectivity index (χ1) is 11.3. The van der Waals surface area contributed by atoms with Crippen molar-refractivity contribution in [2.45, 2.75) is 82.4 Å². The van der Waals surface area contributed by atoms with Gasteiger partial charge < -0.3 is 15.4 Å². The number of nitrogens with zero attached hydrogens (tertiary/aromatic N) is 1. The lowest BCUT2D eigenvalue weighted by molar-refractivity contribution is 0.0103. The molecule has 0 aromatic heterocycles. The summed E-state index contributed by atoms with van der Waals surface area (Å²) in [6.45, 7) is 3.85. The van der Waals surface area contributed by atoms with Gasteiger partial charge in [0, 0.05) is 38.3 Å². The predicted octanol–water partition coefficient (Wildman–Crippen LogP) is 2.65. The standard InChI is InChI=1S/C18H33N3O2/c22-18(19-11-5-9-17-8-3-4-13-23-17)20-15-10-12-21(14-15)16-6-1-2-7-16/h15-17H,1-14H2,(H2,19,20,22)/t15-,17+/m1/s1. The first kappa shape index (κ1) is 17.0. The quantitative estimate of drug-likeness (QED) is 0.739. The van der Waals surface area contributed by atoms with Crippen LogP contribution in [0, 0.1) is 0 Å². The van der Waals surface area contributed by atoms with Gasteiger partial charge >= 0.3 is 6.03 Å². The molecule has 0 unspecified atom stereocenters. The van der Waals surface area contributed by atoms with E-state index in [2.05, 4.69) is 15.5 Å². The van der Waals surface area contributed by atoms with E-state index in [1.165, 1.54) is 44.9 Å². The lowest BCUT2D eigenvalue weighted by atomic mass is 10.0. The minimum atomic E-state index is 0.00725. The molecular weight excluding hydrogens is 290 g/mol. The minimum absolute atomic E-state index is 0.00725. The highest BCUT2D eigenvalue weighted by atomic mass is 16.5. The molecule has 2 N–H and O–H groups in total.